The molecule has 10 nitrogen and oxygen atoms in total. The number of nitrogens with zero attached hydrogens (tertiary/aromatic N) is 5. The van der Waals surface area contributed by atoms with Crippen LogP contribution in [0.15, 0.2) is 47.9 Å². The van der Waals surface area contributed by atoms with E-state index in [0.29, 0.717) is 31.0 Å². The molecular weight excluding hydrogens is 472 g/mol. The molecule has 1 aliphatic carbocycles. The molecular formula is C27H32N6O4. The zero-order chi connectivity index (χ0) is 26.1. The number of ether oxygens (including phenoxy) is 1. The molecule has 3 aromatic rings. The number of aromatic nitrogens is 3. The molecule has 194 valence electrons. The molecule has 10 heteroatoms. The van der Waals surface area contributed by atoms with Crippen molar-refractivity contribution in [3.05, 3.63) is 59.0 Å². The number of nitrogens with two attached hydrogens (primary N) is 1. The number of benzene rings is 1. The molecule has 1 fully saturated rings. The molecule has 0 unspecified atom stereocenters. The van der Waals surface area contributed by atoms with Gasteiger partial charge in [0.25, 0.3) is 11.5 Å². The van der Waals surface area contributed by atoms with E-state index in [1.54, 1.807) is 15.7 Å². The number of para-hydroxylation sites is 1. The molecule has 1 aromatic carbocycles. The van der Waals surface area contributed by atoms with E-state index in [0.717, 1.165) is 48.0 Å². The summed E-state index contributed by atoms with van der Waals surface area (Å²) in [7, 11) is 0. The van der Waals surface area contributed by atoms with Crippen LogP contribution in [0, 0.1) is 6.92 Å². The van der Waals surface area contributed by atoms with Crippen molar-refractivity contribution < 1.29 is 14.6 Å². The topological polar surface area (TPSA) is 127 Å². The standard InChI is InChI=1S/C27H32N6O4/c1-3-23(35)32-12-11-31(21-6-4-5-17(2)24(21)32)22-15-18-16-29-27(28)30-25(18)33(26(22)36)19-7-9-20(10-8-19)37-14-13-34/h3-6,15-16,19-20,34H,1,7-14H2,2H3,(H2,28,29,30). The van der Waals surface area contributed by atoms with Gasteiger partial charge in [0.15, 0.2) is 0 Å². The van der Waals surface area contributed by atoms with Crippen LogP contribution in [0.3, 0.4) is 0 Å². The lowest BCUT2D eigenvalue weighted by atomic mass is 9.92. The fraction of sp³-hybridized carbons (Fsp3) is 0.407. The van der Waals surface area contributed by atoms with Crippen LogP contribution in [0.1, 0.15) is 37.3 Å². The van der Waals surface area contributed by atoms with Crippen LogP contribution in [-0.4, -0.2) is 58.0 Å². The highest BCUT2D eigenvalue weighted by Gasteiger charge is 2.32. The molecule has 1 aliphatic heterocycles. The predicted molar refractivity (Wildman–Crippen MR) is 143 cm³/mol. The molecule has 3 N–H and O–H groups in total. The van der Waals surface area contributed by atoms with Gasteiger partial charge >= 0.3 is 0 Å². The Kier molecular flexibility index (Phi) is 6.94. The van der Waals surface area contributed by atoms with Gasteiger partial charge in [-0.15, -0.1) is 0 Å². The van der Waals surface area contributed by atoms with E-state index in [9.17, 15) is 9.59 Å². The van der Waals surface area contributed by atoms with Gasteiger partial charge in [-0.05, 0) is 56.4 Å². The molecule has 2 aromatic heterocycles. The first kappa shape index (κ1) is 24.9. The van der Waals surface area contributed by atoms with Crippen LogP contribution in [0.25, 0.3) is 11.0 Å². The van der Waals surface area contributed by atoms with Gasteiger partial charge in [-0.25, -0.2) is 4.98 Å². The Morgan fingerprint density at radius 3 is 2.76 bits per heavy atom. The summed E-state index contributed by atoms with van der Waals surface area (Å²) < 4.78 is 7.50. The first-order valence-corrected chi connectivity index (χ1v) is 12.6. The monoisotopic (exact) mass is 504 g/mol. The van der Waals surface area contributed by atoms with Gasteiger partial charge in [-0.1, -0.05) is 18.7 Å². The van der Waals surface area contributed by atoms with Crippen LogP contribution in [0.5, 0.6) is 0 Å². The van der Waals surface area contributed by atoms with Crippen molar-refractivity contribution in [1.82, 2.24) is 14.5 Å². The number of pyridine rings is 1. The highest BCUT2D eigenvalue weighted by atomic mass is 16.5. The number of anilines is 4. The van der Waals surface area contributed by atoms with Crippen molar-refractivity contribution in [2.45, 2.75) is 44.8 Å². The number of hydrogen-bond acceptors (Lipinski definition) is 8. The van der Waals surface area contributed by atoms with Crippen molar-refractivity contribution >= 4 is 40.0 Å². The van der Waals surface area contributed by atoms with Gasteiger partial charge in [0.05, 0.1) is 30.7 Å². The van der Waals surface area contributed by atoms with E-state index in [1.807, 2.05) is 36.1 Å². The summed E-state index contributed by atoms with van der Waals surface area (Å²) in [5, 5.41) is 9.81. The highest BCUT2D eigenvalue weighted by molar-refractivity contribution is 6.05. The summed E-state index contributed by atoms with van der Waals surface area (Å²) in [6.45, 7) is 6.80. The van der Waals surface area contributed by atoms with Crippen molar-refractivity contribution in [1.29, 1.82) is 0 Å². The summed E-state index contributed by atoms with van der Waals surface area (Å²) in [5.74, 6) is -0.0546. The van der Waals surface area contributed by atoms with Crippen LogP contribution >= 0.6 is 0 Å². The lowest BCUT2D eigenvalue weighted by Crippen LogP contribution is -2.44. The average molecular weight is 505 g/mol. The Morgan fingerprint density at radius 2 is 2.03 bits per heavy atom. The third-order valence-corrected chi connectivity index (χ3v) is 7.28. The maximum atomic E-state index is 14.2. The van der Waals surface area contributed by atoms with E-state index < -0.39 is 0 Å². The molecule has 0 atom stereocenters. The minimum atomic E-state index is -0.171. The second kappa shape index (κ2) is 10.3. The van der Waals surface area contributed by atoms with E-state index in [-0.39, 0.29) is 36.2 Å². The number of aryl methyl sites for hydroxylation is 1. The quantitative estimate of drug-likeness (QED) is 0.491. The third-order valence-electron chi connectivity index (χ3n) is 7.28. The summed E-state index contributed by atoms with van der Waals surface area (Å²) in [6, 6.07) is 7.57. The Morgan fingerprint density at radius 1 is 1.24 bits per heavy atom. The number of rotatable bonds is 6. The van der Waals surface area contributed by atoms with Gasteiger partial charge < -0.3 is 25.4 Å². The summed E-state index contributed by atoms with van der Waals surface area (Å²) in [5.41, 5.74) is 9.32. The largest absolute Gasteiger partial charge is 0.394 e. The molecule has 5 rings (SSSR count). The molecule has 37 heavy (non-hydrogen) atoms. The Labute approximate surface area is 215 Å². The number of carbonyl (C=O) groups is 1. The summed E-state index contributed by atoms with van der Waals surface area (Å²) in [6.07, 6.45) is 6.10. The van der Waals surface area contributed by atoms with Crippen molar-refractivity contribution in [2.24, 2.45) is 0 Å². The number of aliphatic hydroxyl groups is 1. The van der Waals surface area contributed by atoms with Crippen molar-refractivity contribution in [2.75, 3.05) is 41.8 Å². The lowest BCUT2D eigenvalue weighted by molar-refractivity contribution is -0.114. The number of nitrogen functional groups attached to an aromatic ring is 1. The van der Waals surface area contributed by atoms with E-state index in [1.165, 1.54) is 6.08 Å². The maximum Gasteiger partial charge on any atom is 0.276 e. The van der Waals surface area contributed by atoms with Gasteiger partial charge in [-0.3, -0.25) is 14.2 Å². The lowest BCUT2D eigenvalue weighted by Gasteiger charge is -2.38. The predicted octanol–water partition coefficient (Wildman–Crippen LogP) is 2.85. The molecule has 2 aliphatic rings. The number of carbonyl (C=O) groups excluding carboxylic acids is 1. The van der Waals surface area contributed by atoms with Crippen LogP contribution in [-0.2, 0) is 9.53 Å². The number of aliphatic hydroxyl groups excluding tert-OH is 1. The fourth-order valence-electron chi connectivity index (χ4n) is 5.57. The maximum absolute atomic E-state index is 14.2. The van der Waals surface area contributed by atoms with Gasteiger partial charge in [0, 0.05) is 30.7 Å². The first-order valence-electron chi connectivity index (χ1n) is 12.6. The fourth-order valence-corrected chi connectivity index (χ4v) is 5.57. The van der Waals surface area contributed by atoms with E-state index in [4.69, 9.17) is 15.6 Å². The second-order valence-corrected chi connectivity index (χ2v) is 9.53. The molecule has 3 heterocycles. The SMILES string of the molecule is C=CC(=O)N1CCN(c2cc3cnc(N)nc3n(C3CCC(OCCO)CC3)c2=O)c2cccc(C)c21. The first-order chi connectivity index (χ1) is 17.9. The van der Waals surface area contributed by atoms with E-state index >= 15 is 0 Å². The molecule has 1 amide bonds. The third kappa shape index (κ3) is 4.58. The minimum absolute atomic E-state index is 0.00508. The molecule has 0 bridgehead atoms. The molecule has 0 spiro atoms. The van der Waals surface area contributed by atoms with Gasteiger partial charge in [0.2, 0.25) is 5.95 Å². The smallest absolute Gasteiger partial charge is 0.276 e. The van der Waals surface area contributed by atoms with Gasteiger partial charge in [-0.2, -0.15) is 4.98 Å². The zero-order valence-electron chi connectivity index (χ0n) is 21.0. The normalized spacial score (nSPS) is 19.6. The highest BCUT2D eigenvalue weighted by Crippen LogP contribution is 2.40. The number of hydrogen-bond donors (Lipinski definition) is 2. The average Bonchev–Trinajstić information content (AvgIpc) is 2.91. The molecule has 0 saturated heterocycles. The van der Waals surface area contributed by atoms with Crippen molar-refractivity contribution in [3.63, 3.8) is 0 Å². The van der Waals surface area contributed by atoms with E-state index in [2.05, 4.69) is 16.5 Å². The molecule has 0 radical (unpaired) electrons. The van der Waals surface area contributed by atoms with Gasteiger partial charge in [0.1, 0.15) is 11.3 Å². The van der Waals surface area contributed by atoms with Crippen molar-refractivity contribution in [3.8, 4) is 0 Å². The molecule has 1 saturated carbocycles. The number of amides is 1. The second-order valence-electron chi connectivity index (χ2n) is 9.53. The Hall–Kier alpha value is -3.76. The minimum Gasteiger partial charge on any atom is -0.394 e. The zero-order valence-corrected chi connectivity index (χ0v) is 21.0. The van der Waals surface area contributed by atoms with Crippen LogP contribution in [0.2, 0.25) is 0 Å². The Balaban J connectivity index is 1.61. The van der Waals surface area contributed by atoms with Crippen LogP contribution in [0.4, 0.5) is 23.0 Å². The number of fused-ring (bicyclic) bond motifs is 2. The van der Waals surface area contributed by atoms with Crippen LogP contribution < -0.4 is 21.1 Å². The summed E-state index contributed by atoms with van der Waals surface area (Å²) in [4.78, 5) is 39.1. The Bertz CT molecular complexity index is 1400. The summed E-state index contributed by atoms with van der Waals surface area (Å²) >= 11 is 0.